The van der Waals surface area contributed by atoms with Gasteiger partial charge in [0.1, 0.15) is 5.82 Å². The van der Waals surface area contributed by atoms with E-state index in [0.29, 0.717) is 16.8 Å². The van der Waals surface area contributed by atoms with E-state index < -0.39 is 0 Å². The molecule has 0 unspecified atom stereocenters. The van der Waals surface area contributed by atoms with E-state index in [1.165, 1.54) is 6.07 Å². The van der Waals surface area contributed by atoms with Crippen molar-refractivity contribution in [1.82, 2.24) is 0 Å². The summed E-state index contributed by atoms with van der Waals surface area (Å²) in [6.07, 6.45) is 4.34. The first-order valence-electron chi connectivity index (χ1n) is 5.89. The molecule has 1 N–H and O–H groups in total. The molecule has 0 heterocycles. The number of halogens is 2. The average Bonchev–Trinajstić information content (AvgIpc) is 2.23. The van der Waals surface area contributed by atoms with E-state index in [0.717, 1.165) is 25.7 Å². The Morgan fingerprint density at radius 2 is 1.88 bits per heavy atom. The highest BCUT2D eigenvalue weighted by Crippen LogP contribution is 2.21. The molecule has 0 aromatic heterocycles. The van der Waals surface area contributed by atoms with Crippen molar-refractivity contribution in [2.75, 3.05) is 5.32 Å². The van der Waals surface area contributed by atoms with Crippen molar-refractivity contribution in [3.8, 4) is 0 Å². The zero-order chi connectivity index (χ0) is 12.0. The zero-order valence-corrected chi connectivity index (χ0v) is 10.6. The Kier molecular flexibility index (Phi) is 5.61. The van der Waals surface area contributed by atoms with Crippen LogP contribution in [0.25, 0.3) is 0 Å². The topological polar surface area (TPSA) is 12.0 Å². The molecule has 1 nitrogen and oxygen atoms in total. The van der Waals surface area contributed by atoms with Crippen molar-refractivity contribution in [1.29, 1.82) is 0 Å². The van der Waals surface area contributed by atoms with Gasteiger partial charge in [0.25, 0.3) is 0 Å². The summed E-state index contributed by atoms with van der Waals surface area (Å²) >= 11 is 5.71. The molecular weight excluding hydrogens is 225 g/mol. The van der Waals surface area contributed by atoms with Crippen LogP contribution in [0.4, 0.5) is 10.1 Å². The van der Waals surface area contributed by atoms with Gasteiger partial charge in [0.05, 0.1) is 5.69 Å². The Bertz CT molecular complexity index is 322. The van der Waals surface area contributed by atoms with Gasteiger partial charge >= 0.3 is 0 Å². The number of nitrogens with one attached hydrogen (secondary N) is 1. The van der Waals surface area contributed by atoms with Crippen LogP contribution < -0.4 is 5.32 Å². The summed E-state index contributed by atoms with van der Waals surface area (Å²) in [5.74, 6) is -0.273. The minimum Gasteiger partial charge on any atom is -0.380 e. The zero-order valence-electron chi connectivity index (χ0n) is 9.89. The van der Waals surface area contributed by atoms with Crippen molar-refractivity contribution in [3.05, 3.63) is 29.0 Å². The van der Waals surface area contributed by atoms with E-state index in [9.17, 15) is 4.39 Å². The molecule has 0 bridgehead atoms. The van der Waals surface area contributed by atoms with Crippen molar-refractivity contribution >= 4 is 17.3 Å². The molecule has 0 atom stereocenters. The van der Waals surface area contributed by atoms with Gasteiger partial charge in [0, 0.05) is 11.1 Å². The normalized spacial score (nSPS) is 10.8. The third-order valence-corrected chi connectivity index (χ3v) is 2.80. The van der Waals surface area contributed by atoms with E-state index in [4.69, 9.17) is 11.6 Å². The summed E-state index contributed by atoms with van der Waals surface area (Å²) in [5.41, 5.74) is 0.552. The lowest BCUT2D eigenvalue weighted by Gasteiger charge is -2.19. The molecule has 0 saturated carbocycles. The first-order valence-corrected chi connectivity index (χ1v) is 6.26. The van der Waals surface area contributed by atoms with Crippen molar-refractivity contribution in [2.24, 2.45) is 0 Å². The van der Waals surface area contributed by atoms with Crippen molar-refractivity contribution in [2.45, 2.75) is 45.6 Å². The highest BCUT2D eigenvalue weighted by atomic mass is 35.5. The molecule has 0 aliphatic rings. The number of anilines is 1. The summed E-state index contributed by atoms with van der Waals surface area (Å²) in [6.45, 7) is 4.28. The monoisotopic (exact) mass is 243 g/mol. The summed E-state index contributed by atoms with van der Waals surface area (Å²) in [7, 11) is 0. The average molecular weight is 244 g/mol. The van der Waals surface area contributed by atoms with Gasteiger partial charge in [-0.05, 0) is 31.0 Å². The van der Waals surface area contributed by atoms with Crippen LogP contribution in [0.15, 0.2) is 18.2 Å². The van der Waals surface area contributed by atoms with Crippen LogP contribution in [-0.2, 0) is 0 Å². The largest absolute Gasteiger partial charge is 0.380 e. The summed E-state index contributed by atoms with van der Waals surface area (Å²) in [5, 5.41) is 3.68. The van der Waals surface area contributed by atoms with E-state index in [-0.39, 0.29) is 5.82 Å². The molecule has 1 aromatic rings. The van der Waals surface area contributed by atoms with Crippen LogP contribution >= 0.6 is 11.6 Å². The minimum absolute atomic E-state index is 0.273. The standard InChI is InChI=1S/C13H19ClFN/c1-3-5-11(6-4-2)16-13-8-7-10(14)9-12(13)15/h7-9,11,16H,3-6H2,1-2H3. The highest BCUT2D eigenvalue weighted by molar-refractivity contribution is 6.30. The molecule has 3 heteroatoms. The second-order valence-corrected chi connectivity index (χ2v) is 4.48. The van der Waals surface area contributed by atoms with E-state index >= 15 is 0 Å². The molecule has 1 aromatic carbocycles. The quantitative estimate of drug-likeness (QED) is 0.752. The lowest BCUT2D eigenvalue weighted by molar-refractivity contribution is 0.574. The fourth-order valence-corrected chi connectivity index (χ4v) is 1.97. The fourth-order valence-electron chi connectivity index (χ4n) is 1.81. The number of rotatable bonds is 6. The summed E-state index contributed by atoms with van der Waals surface area (Å²) in [6, 6.07) is 5.11. The second-order valence-electron chi connectivity index (χ2n) is 4.04. The fraction of sp³-hybridized carbons (Fsp3) is 0.538. The minimum atomic E-state index is -0.273. The molecule has 0 spiro atoms. The Hall–Kier alpha value is -0.760. The van der Waals surface area contributed by atoms with Crippen molar-refractivity contribution in [3.63, 3.8) is 0 Å². The van der Waals surface area contributed by atoms with Crippen LogP contribution in [0.3, 0.4) is 0 Å². The molecule has 0 aliphatic heterocycles. The second kappa shape index (κ2) is 6.74. The number of hydrogen-bond donors (Lipinski definition) is 1. The van der Waals surface area contributed by atoms with Gasteiger partial charge in [-0.25, -0.2) is 4.39 Å². The summed E-state index contributed by atoms with van der Waals surface area (Å²) < 4.78 is 13.5. The Morgan fingerprint density at radius 1 is 1.25 bits per heavy atom. The third kappa shape index (κ3) is 4.01. The molecule has 1 rings (SSSR count). The van der Waals surface area contributed by atoms with Gasteiger partial charge in [0.15, 0.2) is 0 Å². The van der Waals surface area contributed by atoms with Crippen LogP contribution in [0.2, 0.25) is 5.02 Å². The van der Waals surface area contributed by atoms with Gasteiger partial charge < -0.3 is 5.32 Å². The SMILES string of the molecule is CCCC(CCC)Nc1ccc(Cl)cc1F. The lowest BCUT2D eigenvalue weighted by Crippen LogP contribution is -2.19. The smallest absolute Gasteiger partial charge is 0.147 e. The van der Waals surface area contributed by atoms with E-state index in [2.05, 4.69) is 19.2 Å². The molecule has 0 saturated heterocycles. The molecule has 16 heavy (non-hydrogen) atoms. The number of benzene rings is 1. The van der Waals surface area contributed by atoms with Crippen LogP contribution in [0.5, 0.6) is 0 Å². The van der Waals surface area contributed by atoms with E-state index in [1.54, 1.807) is 12.1 Å². The molecule has 90 valence electrons. The highest BCUT2D eigenvalue weighted by Gasteiger charge is 2.09. The molecule has 0 amide bonds. The maximum Gasteiger partial charge on any atom is 0.147 e. The van der Waals surface area contributed by atoms with Gasteiger partial charge in [-0.3, -0.25) is 0 Å². The van der Waals surface area contributed by atoms with Crippen LogP contribution in [-0.4, -0.2) is 6.04 Å². The van der Waals surface area contributed by atoms with E-state index in [1.807, 2.05) is 0 Å². The first-order chi connectivity index (χ1) is 7.67. The predicted octanol–water partition coefficient (Wildman–Crippen LogP) is 4.86. The van der Waals surface area contributed by atoms with Gasteiger partial charge in [-0.1, -0.05) is 38.3 Å². The molecule has 0 aliphatic carbocycles. The van der Waals surface area contributed by atoms with Gasteiger partial charge in [-0.2, -0.15) is 0 Å². The predicted molar refractivity (Wildman–Crippen MR) is 68.6 cm³/mol. The molecule has 0 radical (unpaired) electrons. The third-order valence-electron chi connectivity index (χ3n) is 2.57. The lowest BCUT2D eigenvalue weighted by atomic mass is 10.1. The molecular formula is C13H19ClFN. The first kappa shape index (κ1) is 13.3. The maximum atomic E-state index is 13.5. The maximum absolute atomic E-state index is 13.5. The van der Waals surface area contributed by atoms with Gasteiger partial charge in [-0.15, -0.1) is 0 Å². The number of hydrogen-bond acceptors (Lipinski definition) is 1. The Morgan fingerprint density at radius 3 is 2.38 bits per heavy atom. The Labute approximate surface area is 102 Å². The Balaban J connectivity index is 2.68. The van der Waals surface area contributed by atoms with Gasteiger partial charge in [0.2, 0.25) is 0 Å². The van der Waals surface area contributed by atoms with Crippen LogP contribution in [0.1, 0.15) is 39.5 Å². The van der Waals surface area contributed by atoms with Crippen molar-refractivity contribution < 1.29 is 4.39 Å². The summed E-state index contributed by atoms with van der Waals surface area (Å²) in [4.78, 5) is 0. The molecule has 0 fully saturated rings. The van der Waals surface area contributed by atoms with Crippen LogP contribution in [0, 0.1) is 5.82 Å².